The predicted molar refractivity (Wildman–Crippen MR) is 136 cm³/mol. The minimum atomic E-state index is -4.71. The van der Waals surface area contributed by atoms with Crippen LogP contribution in [0.15, 0.2) is 48.9 Å². The van der Waals surface area contributed by atoms with Crippen molar-refractivity contribution in [2.45, 2.75) is 18.7 Å². The third-order valence-electron chi connectivity index (χ3n) is 6.06. The van der Waals surface area contributed by atoms with E-state index in [1.807, 2.05) is 11.9 Å². The third kappa shape index (κ3) is 5.82. The van der Waals surface area contributed by atoms with Gasteiger partial charge in [-0.05, 0) is 43.8 Å². The molecule has 1 aliphatic rings. The van der Waals surface area contributed by atoms with Crippen LogP contribution in [0, 0.1) is 5.82 Å². The van der Waals surface area contributed by atoms with Crippen LogP contribution in [0.5, 0.6) is 5.88 Å². The number of rotatable bonds is 7. The molecule has 0 radical (unpaired) electrons. The van der Waals surface area contributed by atoms with Crippen molar-refractivity contribution in [1.29, 1.82) is 0 Å². The summed E-state index contributed by atoms with van der Waals surface area (Å²) in [5.41, 5.74) is -0.745. The maximum atomic E-state index is 13.6. The van der Waals surface area contributed by atoms with Gasteiger partial charge in [-0.2, -0.15) is 23.3 Å². The van der Waals surface area contributed by atoms with Crippen molar-refractivity contribution < 1.29 is 32.2 Å². The van der Waals surface area contributed by atoms with Crippen LogP contribution in [0.4, 0.5) is 29.2 Å². The van der Waals surface area contributed by atoms with Crippen LogP contribution in [-0.4, -0.2) is 66.9 Å². The van der Waals surface area contributed by atoms with Gasteiger partial charge in [-0.1, -0.05) is 11.6 Å². The van der Waals surface area contributed by atoms with Gasteiger partial charge in [0, 0.05) is 48.5 Å². The van der Waals surface area contributed by atoms with Crippen molar-refractivity contribution >= 4 is 29.2 Å². The average Bonchev–Trinajstić information content (AvgIpc) is 3.56. The Balaban J connectivity index is 1.56. The number of aromatic nitrogens is 5. The van der Waals surface area contributed by atoms with Crippen LogP contribution in [-0.2, 0) is 6.18 Å². The van der Waals surface area contributed by atoms with Gasteiger partial charge in [-0.25, -0.2) is 23.8 Å². The standard InChI is InChI=1S/C25H20ClF4N7O3/c1-36-6-4-15(12-36)40-22-16(23(38)39)8-13(10-31-22)17-11-32-24(33-14-2-3-19(27)18(26)9-14)34-21(17)37-7-5-20(35-37)25(28,29)30/h2-3,5,7-11,15H,4,6,12H2,1H3,(H,38,39)(H,32,33,34). The highest BCUT2D eigenvalue weighted by Crippen LogP contribution is 2.32. The van der Waals surface area contributed by atoms with Crippen molar-refractivity contribution in [3.8, 4) is 22.8 Å². The fourth-order valence-corrected chi connectivity index (χ4v) is 4.28. The Labute approximate surface area is 229 Å². The number of aromatic carboxylic acids is 1. The molecular formula is C25H20ClF4N7O3. The van der Waals surface area contributed by atoms with Crippen molar-refractivity contribution in [2.75, 3.05) is 25.5 Å². The van der Waals surface area contributed by atoms with Crippen molar-refractivity contribution in [3.05, 3.63) is 71.0 Å². The summed E-state index contributed by atoms with van der Waals surface area (Å²) in [4.78, 5) is 26.8. The molecule has 4 aromatic rings. The van der Waals surface area contributed by atoms with Gasteiger partial charge in [0.05, 0.1) is 5.02 Å². The van der Waals surface area contributed by atoms with E-state index in [0.717, 1.165) is 29.6 Å². The average molecular weight is 578 g/mol. The largest absolute Gasteiger partial charge is 0.477 e. The summed E-state index contributed by atoms with van der Waals surface area (Å²) >= 11 is 5.83. The van der Waals surface area contributed by atoms with Crippen LogP contribution in [0.3, 0.4) is 0 Å². The molecule has 40 heavy (non-hydrogen) atoms. The summed E-state index contributed by atoms with van der Waals surface area (Å²) in [5.74, 6) is -2.20. The highest BCUT2D eigenvalue weighted by atomic mass is 35.5. The Morgan fingerprint density at radius 2 is 2.00 bits per heavy atom. The topological polar surface area (TPSA) is 118 Å². The van der Waals surface area contributed by atoms with E-state index in [9.17, 15) is 27.5 Å². The number of likely N-dealkylation sites (N-methyl/N-ethyl adjacent to an activating group) is 1. The molecule has 2 N–H and O–H groups in total. The number of pyridine rings is 1. The molecule has 208 valence electrons. The number of nitrogens with zero attached hydrogens (tertiary/aromatic N) is 6. The van der Waals surface area contributed by atoms with Gasteiger partial charge < -0.3 is 20.1 Å². The van der Waals surface area contributed by atoms with Crippen LogP contribution in [0.25, 0.3) is 16.9 Å². The van der Waals surface area contributed by atoms with Gasteiger partial charge in [-0.15, -0.1) is 0 Å². The smallest absolute Gasteiger partial charge is 0.435 e. The molecular weight excluding hydrogens is 558 g/mol. The number of hydrogen-bond acceptors (Lipinski definition) is 8. The number of likely N-dealkylation sites (tertiary alicyclic amines) is 1. The summed E-state index contributed by atoms with van der Waals surface area (Å²) in [6.45, 7) is 1.40. The Morgan fingerprint density at radius 1 is 1.20 bits per heavy atom. The van der Waals surface area contributed by atoms with Gasteiger partial charge >= 0.3 is 12.1 Å². The minimum Gasteiger partial charge on any atom is -0.477 e. The number of anilines is 2. The zero-order chi connectivity index (χ0) is 28.6. The number of ether oxygens (including phenoxy) is 1. The van der Waals surface area contributed by atoms with E-state index in [4.69, 9.17) is 16.3 Å². The van der Waals surface area contributed by atoms with E-state index in [0.29, 0.717) is 18.7 Å². The normalized spacial score (nSPS) is 15.8. The fourth-order valence-electron chi connectivity index (χ4n) is 4.10. The van der Waals surface area contributed by atoms with Crippen LogP contribution in [0.1, 0.15) is 22.5 Å². The number of carboxylic acid groups (broad SMARTS) is 1. The van der Waals surface area contributed by atoms with Gasteiger partial charge in [0.1, 0.15) is 17.5 Å². The fraction of sp³-hybridized carbons (Fsp3) is 0.240. The molecule has 15 heteroatoms. The zero-order valence-corrected chi connectivity index (χ0v) is 21.4. The lowest BCUT2D eigenvalue weighted by Gasteiger charge is -2.16. The van der Waals surface area contributed by atoms with Crippen molar-refractivity contribution in [2.24, 2.45) is 0 Å². The summed E-state index contributed by atoms with van der Waals surface area (Å²) < 4.78 is 60.2. The summed E-state index contributed by atoms with van der Waals surface area (Å²) in [5, 5.41) is 16.1. The first-order valence-electron chi connectivity index (χ1n) is 11.8. The van der Waals surface area contributed by atoms with Crippen molar-refractivity contribution in [3.63, 3.8) is 0 Å². The van der Waals surface area contributed by atoms with Gasteiger partial charge in [-0.3, -0.25) is 0 Å². The molecule has 1 aliphatic heterocycles. The second-order valence-corrected chi connectivity index (χ2v) is 9.41. The maximum absolute atomic E-state index is 13.6. The summed E-state index contributed by atoms with van der Waals surface area (Å²) in [6.07, 6.45) is -0.590. The first-order chi connectivity index (χ1) is 19.0. The number of hydrogen-bond donors (Lipinski definition) is 2. The molecule has 3 aromatic heterocycles. The Bertz CT molecular complexity index is 1580. The predicted octanol–water partition coefficient (Wildman–Crippen LogP) is 5.06. The van der Waals surface area contributed by atoms with E-state index in [-0.39, 0.29) is 45.5 Å². The lowest BCUT2D eigenvalue weighted by molar-refractivity contribution is -0.141. The minimum absolute atomic E-state index is 0.0674. The Morgan fingerprint density at radius 3 is 2.65 bits per heavy atom. The second-order valence-electron chi connectivity index (χ2n) is 9.00. The van der Waals surface area contributed by atoms with Crippen LogP contribution >= 0.6 is 11.6 Å². The molecule has 0 spiro atoms. The molecule has 1 aromatic carbocycles. The van der Waals surface area contributed by atoms with E-state index >= 15 is 0 Å². The van der Waals surface area contributed by atoms with Crippen LogP contribution in [0.2, 0.25) is 5.02 Å². The lowest BCUT2D eigenvalue weighted by Crippen LogP contribution is -2.22. The number of carbonyl (C=O) groups is 1. The molecule has 4 heterocycles. The third-order valence-corrected chi connectivity index (χ3v) is 6.35. The number of carboxylic acids is 1. The number of benzene rings is 1. The molecule has 1 unspecified atom stereocenters. The molecule has 0 aliphatic carbocycles. The Kier molecular flexibility index (Phi) is 7.29. The number of nitrogens with one attached hydrogen (secondary N) is 1. The van der Waals surface area contributed by atoms with Gasteiger partial charge in [0.15, 0.2) is 11.5 Å². The molecule has 0 saturated carbocycles. The quantitative estimate of drug-likeness (QED) is 0.291. The highest BCUT2D eigenvalue weighted by molar-refractivity contribution is 6.31. The number of alkyl halides is 3. The molecule has 0 bridgehead atoms. The van der Waals surface area contributed by atoms with E-state index < -0.39 is 23.7 Å². The maximum Gasteiger partial charge on any atom is 0.435 e. The summed E-state index contributed by atoms with van der Waals surface area (Å²) in [6, 6.07) is 5.84. The molecule has 0 amide bonds. The highest BCUT2D eigenvalue weighted by Gasteiger charge is 2.34. The monoisotopic (exact) mass is 577 g/mol. The van der Waals surface area contributed by atoms with Gasteiger partial charge in [0.2, 0.25) is 11.8 Å². The van der Waals surface area contributed by atoms with E-state index in [1.165, 1.54) is 30.6 Å². The molecule has 1 atom stereocenters. The molecule has 5 rings (SSSR count). The van der Waals surface area contributed by atoms with Crippen molar-refractivity contribution in [1.82, 2.24) is 29.6 Å². The van der Waals surface area contributed by atoms with Crippen LogP contribution < -0.4 is 10.1 Å². The lowest BCUT2D eigenvalue weighted by atomic mass is 10.1. The second kappa shape index (κ2) is 10.7. The number of halogens is 5. The first-order valence-corrected chi connectivity index (χ1v) is 12.2. The van der Waals surface area contributed by atoms with E-state index in [2.05, 4.69) is 25.4 Å². The Hall–Kier alpha value is -4.30. The molecule has 1 fully saturated rings. The first kappa shape index (κ1) is 27.3. The summed E-state index contributed by atoms with van der Waals surface area (Å²) in [7, 11) is 1.92. The van der Waals surface area contributed by atoms with E-state index in [1.54, 1.807) is 0 Å². The van der Waals surface area contributed by atoms with Gasteiger partial charge in [0.25, 0.3) is 0 Å². The molecule has 1 saturated heterocycles. The zero-order valence-electron chi connectivity index (χ0n) is 20.7. The molecule has 10 nitrogen and oxygen atoms in total. The SMILES string of the molecule is CN1CCC(Oc2ncc(-c3cnc(Nc4ccc(F)c(Cl)c4)nc3-n3ccc(C(F)(F)F)n3)cc2C(=O)O)C1.